The lowest BCUT2D eigenvalue weighted by atomic mass is 10.2. The highest BCUT2D eigenvalue weighted by Crippen LogP contribution is 2.17. The van der Waals surface area contributed by atoms with Crippen LogP contribution in [-0.2, 0) is 0 Å². The number of rotatable bonds is 1. The third-order valence-corrected chi connectivity index (χ3v) is 1.01. The van der Waals surface area contributed by atoms with Crippen molar-refractivity contribution in [1.29, 1.82) is 0 Å². The van der Waals surface area contributed by atoms with E-state index >= 15 is 0 Å². The predicted octanol–water partition coefficient (Wildman–Crippen LogP) is 1.50. The third kappa shape index (κ3) is 1.22. The Morgan fingerprint density at radius 1 is 1.67 bits per heavy atom. The molecule has 0 saturated heterocycles. The molecule has 1 rings (SSSR count). The van der Waals surface area contributed by atoms with E-state index < -0.39 is 0 Å². The average Bonchev–Trinajstić information content (AvgIpc) is 2.14. The van der Waals surface area contributed by atoms with E-state index in [1.165, 1.54) is 6.20 Å². The van der Waals surface area contributed by atoms with E-state index in [1.54, 1.807) is 0 Å². The molecule has 0 aliphatic heterocycles. The van der Waals surface area contributed by atoms with Gasteiger partial charge in [0.1, 0.15) is 6.20 Å². The summed E-state index contributed by atoms with van der Waals surface area (Å²) in [7, 11) is 0. The van der Waals surface area contributed by atoms with E-state index in [2.05, 4.69) is 4.98 Å². The summed E-state index contributed by atoms with van der Waals surface area (Å²) in [5.41, 5.74) is 0. The van der Waals surface area contributed by atoms with E-state index in [-0.39, 0.29) is 11.9 Å². The zero-order valence-corrected chi connectivity index (χ0v) is 5.46. The van der Waals surface area contributed by atoms with Gasteiger partial charge in [-0.2, -0.15) is 0 Å². The molecule has 9 heavy (non-hydrogen) atoms. The first-order valence-corrected chi connectivity index (χ1v) is 2.85. The molecule has 1 aromatic rings. The van der Waals surface area contributed by atoms with Gasteiger partial charge in [-0.05, 0) is 0 Å². The van der Waals surface area contributed by atoms with Crippen LogP contribution in [0, 0.1) is 0 Å². The molecule has 3 heteroatoms. The lowest BCUT2D eigenvalue weighted by molar-refractivity contribution is 0.311. The molecule has 1 N–H and O–H groups in total. The molecule has 0 bridgehead atoms. The van der Waals surface area contributed by atoms with Crippen molar-refractivity contribution >= 4 is 0 Å². The van der Waals surface area contributed by atoms with E-state index in [1.807, 2.05) is 13.8 Å². The topological polar surface area (TPSA) is 46.3 Å². The van der Waals surface area contributed by atoms with Gasteiger partial charge in [-0.25, -0.2) is 4.98 Å². The minimum absolute atomic E-state index is 0.112. The Morgan fingerprint density at radius 2 is 2.33 bits per heavy atom. The average molecular weight is 127 g/mol. The quantitative estimate of drug-likeness (QED) is 0.621. The van der Waals surface area contributed by atoms with E-state index in [0.717, 1.165) is 0 Å². The molecule has 1 heterocycles. The van der Waals surface area contributed by atoms with Gasteiger partial charge in [-0.1, -0.05) is 13.8 Å². The summed E-state index contributed by atoms with van der Waals surface area (Å²) in [6, 6.07) is 0. The van der Waals surface area contributed by atoms with Crippen molar-refractivity contribution in [3.05, 3.63) is 12.1 Å². The predicted molar refractivity (Wildman–Crippen MR) is 32.3 cm³/mol. The number of aromatic hydroxyl groups is 1. The first-order chi connectivity index (χ1) is 4.20. The van der Waals surface area contributed by atoms with Crippen molar-refractivity contribution in [1.82, 2.24) is 4.98 Å². The van der Waals surface area contributed by atoms with Crippen molar-refractivity contribution in [2.45, 2.75) is 19.8 Å². The Morgan fingerprint density at radius 3 is 2.56 bits per heavy atom. The minimum atomic E-state index is -0.112. The summed E-state index contributed by atoms with van der Waals surface area (Å²) in [6.45, 7) is 3.90. The van der Waals surface area contributed by atoms with Gasteiger partial charge in [-0.15, -0.1) is 0 Å². The van der Waals surface area contributed by atoms with Crippen LogP contribution in [0.3, 0.4) is 0 Å². The van der Waals surface area contributed by atoms with Crippen molar-refractivity contribution in [2.75, 3.05) is 0 Å². The van der Waals surface area contributed by atoms with Crippen molar-refractivity contribution in [3.8, 4) is 5.95 Å². The van der Waals surface area contributed by atoms with Crippen LogP contribution >= 0.6 is 0 Å². The van der Waals surface area contributed by atoms with Gasteiger partial charge < -0.3 is 9.52 Å². The summed E-state index contributed by atoms with van der Waals surface area (Å²) in [5.74, 6) is 0.706. The fraction of sp³-hybridized carbons (Fsp3) is 0.500. The summed E-state index contributed by atoms with van der Waals surface area (Å²) in [6.07, 6.45) is 1.30. The molecule has 0 amide bonds. The molecule has 0 radical (unpaired) electrons. The fourth-order valence-corrected chi connectivity index (χ4v) is 0.546. The first kappa shape index (κ1) is 6.13. The van der Waals surface area contributed by atoms with Gasteiger partial charge in [-0.3, -0.25) is 0 Å². The van der Waals surface area contributed by atoms with Crippen LogP contribution in [0.5, 0.6) is 5.95 Å². The zero-order chi connectivity index (χ0) is 6.85. The normalized spacial score (nSPS) is 10.6. The highest BCUT2D eigenvalue weighted by atomic mass is 16.5. The number of nitrogens with zero attached hydrogens (tertiary/aromatic N) is 1. The molecule has 0 atom stereocenters. The second-order valence-electron chi connectivity index (χ2n) is 2.19. The highest BCUT2D eigenvalue weighted by Gasteiger charge is 2.04. The number of aromatic nitrogens is 1. The van der Waals surface area contributed by atoms with Gasteiger partial charge in [0.05, 0.1) is 0 Å². The van der Waals surface area contributed by atoms with Gasteiger partial charge in [0.2, 0.25) is 5.89 Å². The van der Waals surface area contributed by atoms with E-state index in [4.69, 9.17) is 9.52 Å². The van der Waals surface area contributed by atoms with Gasteiger partial charge in [0.15, 0.2) is 0 Å². The monoisotopic (exact) mass is 127 g/mol. The standard InChI is InChI=1S/C6H9NO2/c1-4(2)6-7-3-5(8)9-6/h3-4,8H,1-2H3. The number of oxazole rings is 1. The molecular formula is C6H9NO2. The molecule has 0 aromatic carbocycles. The summed E-state index contributed by atoms with van der Waals surface area (Å²) in [4.78, 5) is 3.80. The lowest BCUT2D eigenvalue weighted by Gasteiger charge is -1.93. The highest BCUT2D eigenvalue weighted by molar-refractivity contribution is 4.99. The molecule has 0 aliphatic carbocycles. The Balaban J connectivity index is 2.85. The van der Waals surface area contributed by atoms with Gasteiger partial charge >= 0.3 is 5.95 Å². The molecule has 0 fully saturated rings. The fourth-order valence-electron chi connectivity index (χ4n) is 0.546. The van der Waals surface area contributed by atoms with E-state index in [0.29, 0.717) is 5.89 Å². The van der Waals surface area contributed by atoms with Crippen LogP contribution in [0.2, 0.25) is 0 Å². The molecular weight excluding hydrogens is 118 g/mol. The Bertz CT molecular complexity index is 193. The van der Waals surface area contributed by atoms with Crippen LogP contribution in [-0.4, -0.2) is 10.1 Å². The molecule has 0 aliphatic rings. The van der Waals surface area contributed by atoms with Gasteiger partial charge in [0, 0.05) is 5.92 Å². The van der Waals surface area contributed by atoms with E-state index in [9.17, 15) is 0 Å². The van der Waals surface area contributed by atoms with Crippen LogP contribution < -0.4 is 0 Å². The lowest BCUT2D eigenvalue weighted by Crippen LogP contribution is -1.83. The molecule has 0 spiro atoms. The number of hydrogen-bond donors (Lipinski definition) is 1. The molecule has 0 unspecified atom stereocenters. The molecule has 50 valence electrons. The zero-order valence-electron chi connectivity index (χ0n) is 5.46. The second-order valence-corrected chi connectivity index (χ2v) is 2.19. The Kier molecular flexibility index (Phi) is 1.42. The molecule has 1 aromatic heterocycles. The smallest absolute Gasteiger partial charge is 0.302 e. The maximum Gasteiger partial charge on any atom is 0.302 e. The Labute approximate surface area is 53.3 Å². The first-order valence-electron chi connectivity index (χ1n) is 2.85. The van der Waals surface area contributed by atoms with Crippen molar-refractivity contribution in [2.24, 2.45) is 0 Å². The molecule has 3 nitrogen and oxygen atoms in total. The van der Waals surface area contributed by atoms with Crippen LogP contribution in [0.25, 0.3) is 0 Å². The summed E-state index contributed by atoms with van der Waals surface area (Å²) < 4.78 is 4.79. The summed E-state index contributed by atoms with van der Waals surface area (Å²) in [5, 5.41) is 8.67. The van der Waals surface area contributed by atoms with Gasteiger partial charge in [0.25, 0.3) is 0 Å². The van der Waals surface area contributed by atoms with Crippen molar-refractivity contribution in [3.63, 3.8) is 0 Å². The minimum Gasteiger partial charge on any atom is -0.480 e. The summed E-state index contributed by atoms with van der Waals surface area (Å²) >= 11 is 0. The number of hydrogen-bond acceptors (Lipinski definition) is 3. The molecule has 0 saturated carbocycles. The Hall–Kier alpha value is -0.990. The van der Waals surface area contributed by atoms with Crippen LogP contribution in [0.4, 0.5) is 0 Å². The second kappa shape index (κ2) is 2.09. The maximum atomic E-state index is 8.67. The third-order valence-electron chi connectivity index (χ3n) is 1.01. The largest absolute Gasteiger partial charge is 0.480 e. The SMILES string of the molecule is CC(C)c1ncc(O)o1. The van der Waals surface area contributed by atoms with Crippen molar-refractivity contribution < 1.29 is 9.52 Å². The van der Waals surface area contributed by atoms with Crippen LogP contribution in [0.15, 0.2) is 10.6 Å². The van der Waals surface area contributed by atoms with Crippen LogP contribution in [0.1, 0.15) is 25.7 Å². The maximum absolute atomic E-state index is 8.67.